The smallest absolute Gasteiger partial charge is 0.220 e. The maximum atomic E-state index is 12.4. The van der Waals surface area contributed by atoms with Gasteiger partial charge in [-0.1, -0.05) is 12.1 Å². The highest BCUT2D eigenvalue weighted by atomic mass is 16.5. The Morgan fingerprint density at radius 2 is 1.87 bits per heavy atom. The van der Waals surface area contributed by atoms with Crippen LogP contribution < -0.4 is 19.5 Å². The molecule has 0 radical (unpaired) electrons. The molecule has 0 saturated carbocycles. The van der Waals surface area contributed by atoms with Crippen molar-refractivity contribution in [2.75, 3.05) is 34.4 Å². The highest BCUT2D eigenvalue weighted by molar-refractivity contribution is 5.75. The van der Waals surface area contributed by atoms with Crippen molar-refractivity contribution < 1.29 is 19.0 Å². The first-order valence-corrected chi connectivity index (χ1v) is 10.9. The predicted molar refractivity (Wildman–Crippen MR) is 122 cm³/mol. The van der Waals surface area contributed by atoms with Gasteiger partial charge in [0.25, 0.3) is 0 Å². The molecule has 0 unspecified atom stereocenters. The van der Waals surface area contributed by atoms with Gasteiger partial charge in [0.15, 0.2) is 0 Å². The van der Waals surface area contributed by atoms with E-state index < -0.39 is 0 Å². The van der Waals surface area contributed by atoms with Crippen molar-refractivity contribution >= 4 is 5.91 Å². The van der Waals surface area contributed by atoms with Gasteiger partial charge in [-0.05, 0) is 61.6 Å². The molecule has 1 aliphatic rings. The van der Waals surface area contributed by atoms with Crippen molar-refractivity contribution in [2.45, 2.75) is 38.8 Å². The van der Waals surface area contributed by atoms with E-state index >= 15 is 0 Å². The van der Waals surface area contributed by atoms with Crippen LogP contribution in [-0.4, -0.2) is 45.2 Å². The molecule has 31 heavy (non-hydrogen) atoms. The van der Waals surface area contributed by atoms with Crippen LogP contribution in [0.3, 0.4) is 0 Å². The molecule has 6 nitrogen and oxygen atoms in total. The average molecular weight is 427 g/mol. The molecule has 1 amide bonds. The summed E-state index contributed by atoms with van der Waals surface area (Å²) in [5.41, 5.74) is 2.21. The fourth-order valence-electron chi connectivity index (χ4n) is 4.17. The van der Waals surface area contributed by atoms with E-state index in [0.717, 1.165) is 48.9 Å². The first-order chi connectivity index (χ1) is 15.1. The maximum absolute atomic E-state index is 12.4. The second-order valence-corrected chi connectivity index (χ2v) is 8.09. The van der Waals surface area contributed by atoms with E-state index in [0.29, 0.717) is 18.9 Å². The largest absolute Gasteiger partial charge is 0.497 e. The summed E-state index contributed by atoms with van der Waals surface area (Å²) < 4.78 is 16.0. The summed E-state index contributed by atoms with van der Waals surface area (Å²) in [5.74, 6) is 3.00. The minimum Gasteiger partial charge on any atom is -0.497 e. The Morgan fingerprint density at radius 3 is 2.65 bits per heavy atom. The van der Waals surface area contributed by atoms with Crippen molar-refractivity contribution in [1.29, 1.82) is 0 Å². The van der Waals surface area contributed by atoms with E-state index in [1.807, 2.05) is 30.3 Å². The zero-order chi connectivity index (χ0) is 22.1. The van der Waals surface area contributed by atoms with E-state index in [-0.39, 0.29) is 5.91 Å². The molecule has 3 rings (SSSR count). The number of piperidine rings is 1. The van der Waals surface area contributed by atoms with Gasteiger partial charge in [0, 0.05) is 37.7 Å². The van der Waals surface area contributed by atoms with Crippen LogP contribution in [0.15, 0.2) is 42.5 Å². The Balaban J connectivity index is 1.43. The molecule has 1 N–H and O–H groups in total. The van der Waals surface area contributed by atoms with E-state index in [9.17, 15) is 4.79 Å². The van der Waals surface area contributed by atoms with Crippen LogP contribution in [0, 0.1) is 5.92 Å². The Bertz CT molecular complexity index is 855. The predicted octanol–water partition coefficient (Wildman–Crippen LogP) is 4.02. The average Bonchev–Trinajstić information content (AvgIpc) is 2.81. The molecule has 1 aliphatic heterocycles. The summed E-state index contributed by atoms with van der Waals surface area (Å²) in [6.45, 7) is 3.53. The van der Waals surface area contributed by atoms with Crippen LogP contribution in [0.5, 0.6) is 17.2 Å². The van der Waals surface area contributed by atoms with Crippen LogP contribution in [-0.2, 0) is 17.9 Å². The van der Waals surface area contributed by atoms with E-state index in [4.69, 9.17) is 14.2 Å². The van der Waals surface area contributed by atoms with E-state index in [1.54, 1.807) is 21.3 Å². The number of carbonyl (C=O) groups excluding carboxylic acids is 1. The molecule has 168 valence electrons. The molecule has 0 aromatic heterocycles. The van der Waals surface area contributed by atoms with Gasteiger partial charge in [0.1, 0.15) is 17.2 Å². The minimum atomic E-state index is 0.0859. The van der Waals surface area contributed by atoms with Gasteiger partial charge < -0.3 is 19.5 Å². The molecule has 1 saturated heterocycles. The molecule has 1 heterocycles. The molecular formula is C25H34N2O4. The summed E-state index contributed by atoms with van der Waals surface area (Å²) in [6, 6.07) is 13.9. The number of nitrogens with one attached hydrogen (secondary N) is 1. The van der Waals surface area contributed by atoms with Gasteiger partial charge in [-0.25, -0.2) is 0 Å². The van der Waals surface area contributed by atoms with E-state index in [1.165, 1.54) is 18.4 Å². The topological polar surface area (TPSA) is 60.0 Å². The molecule has 0 bridgehead atoms. The number of nitrogens with zero attached hydrogens (tertiary/aromatic N) is 1. The van der Waals surface area contributed by atoms with Crippen molar-refractivity contribution in [2.24, 2.45) is 5.92 Å². The molecule has 2 aromatic carbocycles. The van der Waals surface area contributed by atoms with Crippen LogP contribution >= 0.6 is 0 Å². The third-order valence-corrected chi connectivity index (χ3v) is 5.89. The lowest BCUT2D eigenvalue weighted by Gasteiger charge is -2.32. The van der Waals surface area contributed by atoms with Crippen molar-refractivity contribution in [3.05, 3.63) is 53.6 Å². The third-order valence-electron chi connectivity index (χ3n) is 5.89. The van der Waals surface area contributed by atoms with Gasteiger partial charge in [0.05, 0.1) is 21.3 Å². The second kappa shape index (κ2) is 11.6. The van der Waals surface area contributed by atoms with Crippen LogP contribution in [0.1, 0.15) is 36.8 Å². The van der Waals surface area contributed by atoms with E-state index in [2.05, 4.69) is 22.3 Å². The number of amides is 1. The first kappa shape index (κ1) is 22.9. The zero-order valence-corrected chi connectivity index (χ0v) is 18.9. The van der Waals surface area contributed by atoms with Crippen LogP contribution in [0.2, 0.25) is 0 Å². The quantitative estimate of drug-likeness (QED) is 0.622. The summed E-state index contributed by atoms with van der Waals surface area (Å²) in [6.07, 6.45) is 3.84. The fourth-order valence-corrected chi connectivity index (χ4v) is 4.17. The number of ether oxygens (including phenoxy) is 3. The van der Waals surface area contributed by atoms with Gasteiger partial charge in [-0.2, -0.15) is 0 Å². The molecular weight excluding hydrogens is 392 g/mol. The number of likely N-dealkylation sites (tertiary alicyclic amines) is 1. The number of benzene rings is 2. The van der Waals surface area contributed by atoms with Crippen LogP contribution in [0.4, 0.5) is 0 Å². The lowest BCUT2D eigenvalue weighted by atomic mass is 9.93. The second-order valence-electron chi connectivity index (χ2n) is 8.09. The van der Waals surface area contributed by atoms with Gasteiger partial charge >= 0.3 is 0 Å². The van der Waals surface area contributed by atoms with Crippen molar-refractivity contribution in [1.82, 2.24) is 10.2 Å². The zero-order valence-electron chi connectivity index (χ0n) is 18.9. The number of hydrogen-bond donors (Lipinski definition) is 1. The summed E-state index contributed by atoms with van der Waals surface area (Å²) >= 11 is 0. The summed E-state index contributed by atoms with van der Waals surface area (Å²) in [7, 11) is 4.95. The fraction of sp³-hybridized carbons (Fsp3) is 0.480. The molecule has 0 spiro atoms. The summed E-state index contributed by atoms with van der Waals surface area (Å²) in [5, 5.41) is 3.03. The van der Waals surface area contributed by atoms with Crippen molar-refractivity contribution in [3.8, 4) is 17.2 Å². The first-order valence-electron chi connectivity index (χ1n) is 10.9. The molecule has 2 aromatic rings. The summed E-state index contributed by atoms with van der Waals surface area (Å²) in [4.78, 5) is 14.9. The van der Waals surface area contributed by atoms with Gasteiger partial charge in [0.2, 0.25) is 5.91 Å². The molecule has 0 aliphatic carbocycles. The van der Waals surface area contributed by atoms with Crippen LogP contribution in [0.25, 0.3) is 0 Å². The monoisotopic (exact) mass is 426 g/mol. The molecule has 1 fully saturated rings. The molecule has 1 atom stereocenters. The molecule has 6 heteroatoms. The number of methoxy groups -OCH3 is 3. The number of carbonyl (C=O) groups is 1. The van der Waals surface area contributed by atoms with Gasteiger partial charge in [-0.3, -0.25) is 9.69 Å². The number of hydrogen-bond acceptors (Lipinski definition) is 5. The lowest BCUT2D eigenvalue weighted by molar-refractivity contribution is -0.121. The maximum Gasteiger partial charge on any atom is 0.220 e. The highest BCUT2D eigenvalue weighted by Gasteiger charge is 2.21. The van der Waals surface area contributed by atoms with Gasteiger partial charge in [-0.15, -0.1) is 0 Å². The Kier molecular flexibility index (Phi) is 8.59. The Morgan fingerprint density at radius 1 is 1.06 bits per heavy atom. The Labute approximate surface area is 185 Å². The normalized spacial score (nSPS) is 16.5. The third kappa shape index (κ3) is 6.89. The standard InChI is InChI=1S/C25H34N2O4/c1-29-22-8-4-6-20(14-22)18-27-13-5-7-19(17-27)9-12-25(28)26-16-21-10-11-23(30-2)15-24(21)31-3/h4,6,8,10-11,14-15,19H,5,7,9,12-13,16-18H2,1-3H3,(H,26,28)/t19-/m0/s1. The SMILES string of the molecule is COc1cccc(CN2CCC[C@@H](CCC(=O)NCc3ccc(OC)cc3OC)C2)c1. The number of rotatable bonds is 10. The lowest BCUT2D eigenvalue weighted by Crippen LogP contribution is -2.35. The minimum absolute atomic E-state index is 0.0859. The van der Waals surface area contributed by atoms with Crippen molar-refractivity contribution in [3.63, 3.8) is 0 Å². The highest BCUT2D eigenvalue weighted by Crippen LogP contribution is 2.25. The Hall–Kier alpha value is -2.73.